The van der Waals surface area contributed by atoms with Crippen molar-refractivity contribution in [2.75, 3.05) is 5.32 Å². The quantitative estimate of drug-likeness (QED) is 0.791. The average Bonchev–Trinajstić information content (AvgIpc) is 3.18. The first-order valence-corrected chi connectivity index (χ1v) is 6.65. The molecule has 1 N–H and O–H groups in total. The number of amides is 1. The standard InChI is InChI=1S/C16H14N2O3/c1-2-11-5-7-12(8-6-11)18-16(19)14-15(21-10-17-14)13-4-3-9-20-13/h3-10H,2H2,1H3,(H,18,19). The van der Waals surface area contributed by atoms with Gasteiger partial charge in [0.25, 0.3) is 5.91 Å². The predicted molar refractivity (Wildman–Crippen MR) is 78.0 cm³/mol. The van der Waals surface area contributed by atoms with E-state index in [2.05, 4.69) is 17.2 Å². The Hall–Kier alpha value is -2.82. The number of nitrogens with one attached hydrogen (secondary N) is 1. The second-order valence-corrected chi connectivity index (χ2v) is 4.51. The lowest BCUT2D eigenvalue weighted by molar-refractivity contribution is 0.102. The zero-order chi connectivity index (χ0) is 14.7. The molecule has 5 nitrogen and oxygen atoms in total. The number of rotatable bonds is 4. The molecule has 0 atom stereocenters. The van der Waals surface area contributed by atoms with Crippen molar-refractivity contribution in [1.82, 2.24) is 4.98 Å². The summed E-state index contributed by atoms with van der Waals surface area (Å²) in [6, 6.07) is 11.1. The fourth-order valence-electron chi connectivity index (χ4n) is 2.00. The van der Waals surface area contributed by atoms with Gasteiger partial charge in [-0.3, -0.25) is 4.79 Å². The zero-order valence-corrected chi connectivity index (χ0v) is 11.5. The molecular formula is C16H14N2O3. The van der Waals surface area contributed by atoms with E-state index in [-0.39, 0.29) is 11.6 Å². The molecule has 3 rings (SSSR count). The smallest absolute Gasteiger partial charge is 0.278 e. The molecule has 1 amide bonds. The van der Waals surface area contributed by atoms with Crippen molar-refractivity contribution < 1.29 is 13.6 Å². The molecule has 0 fully saturated rings. The summed E-state index contributed by atoms with van der Waals surface area (Å²) in [6.45, 7) is 2.08. The average molecular weight is 282 g/mol. The molecule has 0 aliphatic heterocycles. The summed E-state index contributed by atoms with van der Waals surface area (Å²) >= 11 is 0. The SMILES string of the molecule is CCc1ccc(NC(=O)c2ncoc2-c2ccco2)cc1. The Morgan fingerprint density at radius 1 is 1.19 bits per heavy atom. The van der Waals surface area contributed by atoms with Gasteiger partial charge >= 0.3 is 0 Å². The molecule has 0 aliphatic carbocycles. The maximum atomic E-state index is 12.3. The lowest BCUT2D eigenvalue weighted by Crippen LogP contribution is -2.13. The van der Waals surface area contributed by atoms with E-state index < -0.39 is 0 Å². The summed E-state index contributed by atoms with van der Waals surface area (Å²) in [5, 5.41) is 2.79. The fraction of sp³-hybridized carbons (Fsp3) is 0.125. The van der Waals surface area contributed by atoms with Gasteiger partial charge < -0.3 is 14.2 Å². The summed E-state index contributed by atoms with van der Waals surface area (Å²) < 4.78 is 10.5. The molecule has 0 bridgehead atoms. The molecule has 1 aromatic carbocycles. The van der Waals surface area contributed by atoms with Gasteiger partial charge in [-0.1, -0.05) is 19.1 Å². The highest BCUT2D eigenvalue weighted by Gasteiger charge is 2.20. The number of hydrogen-bond acceptors (Lipinski definition) is 4. The van der Waals surface area contributed by atoms with E-state index in [1.807, 2.05) is 24.3 Å². The summed E-state index contributed by atoms with van der Waals surface area (Å²) in [6.07, 6.45) is 3.70. The van der Waals surface area contributed by atoms with Crippen LogP contribution < -0.4 is 5.32 Å². The number of oxazole rings is 1. The molecule has 2 heterocycles. The van der Waals surface area contributed by atoms with Crippen LogP contribution in [0.5, 0.6) is 0 Å². The van der Waals surface area contributed by atoms with Gasteiger partial charge in [0.15, 0.2) is 17.8 Å². The summed E-state index contributed by atoms with van der Waals surface area (Å²) in [4.78, 5) is 16.2. The van der Waals surface area contributed by atoms with Crippen LogP contribution in [0.3, 0.4) is 0 Å². The highest BCUT2D eigenvalue weighted by atomic mass is 16.4. The minimum Gasteiger partial charge on any atom is -0.461 e. The first kappa shape index (κ1) is 13.2. The van der Waals surface area contributed by atoms with E-state index in [4.69, 9.17) is 8.83 Å². The predicted octanol–water partition coefficient (Wildman–Crippen LogP) is 3.75. The number of furan rings is 1. The third-order valence-corrected chi connectivity index (χ3v) is 3.15. The first-order valence-electron chi connectivity index (χ1n) is 6.65. The molecule has 0 radical (unpaired) electrons. The van der Waals surface area contributed by atoms with Gasteiger partial charge in [-0.2, -0.15) is 0 Å². The minimum absolute atomic E-state index is 0.199. The Balaban J connectivity index is 1.81. The minimum atomic E-state index is -0.334. The zero-order valence-electron chi connectivity index (χ0n) is 11.5. The van der Waals surface area contributed by atoms with Gasteiger partial charge in [0.2, 0.25) is 5.76 Å². The van der Waals surface area contributed by atoms with Crippen LogP contribution in [0.1, 0.15) is 23.0 Å². The number of benzene rings is 1. The normalized spacial score (nSPS) is 10.5. The molecule has 0 saturated heterocycles. The Kier molecular flexibility index (Phi) is 3.55. The number of aromatic nitrogens is 1. The van der Waals surface area contributed by atoms with Gasteiger partial charge in [-0.15, -0.1) is 0 Å². The third-order valence-electron chi connectivity index (χ3n) is 3.15. The van der Waals surface area contributed by atoms with Crippen molar-refractivity contribution in [2.24, 2.45) is 0 Å². The van der Waals surface area contributed by atoms with Gasteiger partial charge in [0.1, 0.15) is 0 Å². The van der Waals surface area contributed by atoms with Crippen molar-refractivity contribution in [2.45, 2.75) is 13.3 Å². The third kappa shape index (κ3) is 2.72. The van der Waals surface area contributed by atoms with E-state index in [0.29, 0.717) is 17.2 Å². The molecule has 2 aromatic heterocycles. The van der Waals surface area contributed by atoms with Gasteiger partial charge in [-0.25, -0.2) is 4.98 Å². The molecule has 106 valence electrons. The molecular weight excluding hydrogens is 268 g/mol. The maximum absolute atomic E-state index is 12.3. The number of carbonyl (C=O) groups is 1. The number of anilines is 1. The van der Waals surface area contributed by atoms with Gasteiger partial charge in [0.05, 0.1) is 6.26 Å². The second-order valence-electron chi connectivity index (χ2n) is 4.51. The van der Waals surface area contributed by atoms with Crippen LogP contribution >= 0.6 is 0 Å². The second kappa shape index (κ2) is 5.66. The van der Waals surface area contributed by atoms with E-state index in [0.717, 1.165) is 6.42 Å². The first-order chi connectivity index (χ1) is 10.3. The molecule has 0 saturated carbocycles. The monoisotopic (exact) mass is 282 g/mol. The number of nitrogens with zero attached hydrogens (tertiary/aromatic N) is 1. The lowest BCUT2D eigenvalue weighted by Gasteiger charge is -2.04. The van der Waals surface area contributed by atoms with Crippen LogP contribution in [0, 0.1) is 0 Å². The molecule has 0 spiro atoms. The lowest BCUT2D eigenvalue weighted by atomic mass is 10.1. The number of carbonyl (C=O) groups excluding carboxylic acids is 1. The topological polar surface area (TPSA) is 68.3 Å². The Morgan fingerprint density at radius 3 is 2.67 bits per heavy atom. The van der Waals surface area contributed by atoms with Crippen LogP contribution in [0.2, 0.25) is 0 Å². The van der Waals surface area contributed by atoms with Gasteiger partial charge in [0, 0.05) is 5.69 Å². The molecule has 0 unspecified atom stereocenters. The summed E-state index contributed by atoms with van der Waals surface area (Å²) in [5.41, 5.74) is 2.13. The van der Waals surface area contributed by atoms with Crippen molar-refractivity contribution >= 4 is 11.6 Å². The van der Waals surface area contributed by atoms with Crippen LogP contribution in [0.25, 0.3) is 11.5 Å². The van der Waals surface area contributed by atoms with E-state index in [1.54, 1.807) is 12.1 Å². The van der Waals surface area contributed by atoms with Crippen molar-refractivity contribution in [3.63, 3.8) is 0 Å². The molecule has 5 heteroatoms. The number of hydrogen-bond donors (Lipinski definition) is 1. The van der Waals surface area contributed by atoms with Crippen molar-refractivity contribution in [3.05, 3.63) is 60.3 Å². The highest BCUT2D eigenvalue weighted by molar-refractivity contribution is 6.06. The number of aryl methyl sites for hydroxylation is 1. The largest absolute Gasteiger partial charge is 0.461 e. The van der Waals surface area contributed by atoms with Crippen molar-refractivity contribution in [3.8, 4) is 11.5 Å². The Bertz CT molecular complexity index is 727. The summed E-state index contributed by atoms with van der Waals surface area (Å²) in [5.74, 6) is 0.459. The van der Waals surface area contributed by atoms with Crippen LogP contribution in [-0.4, -0.2) is 10.9 Å². The van der Waals surface area contributed by atoms with Crippen LogP contribution in [0.15, 0.2) is 57.9 Å². The molecule has 3 aromatic rings. The highest BCUT2D eigenvalue weighted by Crippen LogP contribution is 2.24. The van der Waals surface area contributed by atoms with E-state index in [9.17, 15) is 4.79 Å². The fourth-order valence-corrected chi connectivity index (χ4v) is 2.00. The van der Waals surface area contributed by atoms with Crippen molar-refractivity contribution in [1.29, 1.82) is 0 Å². The van der Waals surface area contributed by atoms with Crippen LogP contribution in [-0.2, 0) is 6.42 Å². The Labute approximate surface area is 121 Å². The van der Waals surface area contributed by atoms with E-state index in [1.165, 1.54) is 18.2 Å². The maximum Gasteiger partial charge on any atom is 0.278 e. The van der Waals surface area contributed by atoms with E-state index >= 15 is 0 Å². The summed E-state index contributed by atoms with van der Waals surface area (Å²) in [7, 11) is 0. The van der Waals surface area contributed by atoms with Gasteiger partial charge in [-0.05, 0) is 36.2 Å². The Morgan fingerprint density at radius 2 is 2.00 bits per heavy atom. The van der Waals surface area contributed by atoms with Crippen LogP contribution in [0.4, 0.5) is 5.69 Å². The molecule has 21 heavy (non-hydrogen) atoms. The molecule has 0 aliphatic rings.